The third kappa shape index (κ3) is 5.79. The molecule has 2 aromatic carbocycles. The van der Waals surface area contributed by atoms with E-state index in [-0.39, 0.29) is 24.0 Å². The molecule has 29 heavy (non-hydrogen) atoms. The molecule has 1 heterocycles. The molecule has 0 atom stereocenters. The van der Waals surface area contributed by atoms with Gasteiger partial charge in [0, 0.05) is 37.2 Å². The van der Waals surface area contributed by atoms with Crippen LogP contribution in [0.5, 0.6) is 11.5 Å². The fourth-order valence-electron chi connectivity index (χ4n) is 3.22. The molecular formula is C22H29IN4O2. The first-order valence-corrected chi connectivity index (χ1v) is 9.36. The van der Waals surface area contributed by atoms with E-state index in [9.17, 15) is 0 Å². The zero-order chi connectivity index (χ0) is 19.9. The number of guanidine groups is 1. The van der Waals surface area contributed by atoms with Crippen molar-refractivity contribution < 1.29 is 9.47 Å². The van der Waals surface area contributed by atoms with Crippen molar-refractivity contribution in [1.82, 2.24) is 15.6 Å². The molecule has 3 rings (SSSR count). The van der Waals surface area contributed by atoms with Gasteiger partial charge in [0.15, 0.2) is 17.5 Å². The lowest BCUT2D eigenvalue weighted by Gasteiger charge is -2.13. The van der Waals surface area contributed by atoms with Crippen molar-refractivity contribution in [2.24, 2.45) is 4.99 Å². The van der Waals surface area contributed by atoms with Crippen LogP contribution in [0, 0.1) is 6.92 Å². The molecule has 3 N–H and O–H groups in total. The Morgan fingerprint density at radius 2 is 1.83 bits per heavy atom. The first kappa shape index (κ1) is 22.9. The third-order valence-corrected chi connectivity index (χ3v) is 4.74. The number of hydrogen-bond donors (Lipinski definition) is 3. The van der Waals surface area contributed by atoms with Crippen molar-refractivity contribution in [3.8, 4) is 11.5 Å². The summed E-state index contributed by atoms with van der Waals surface area (Å²) in [6.07, 6.45) is 3.01. The van der Waals surface area contributed by atoms with Gasteiger partial charge in [0.25, 0.3) is 0 Å². The molecule has 1 aromatic heterocycles. The van der Waals surface area contributed by atoms with Crippen LogP contribution in [-0.2, 0) is 13.0 Å². The number of aromatic amines is 1. The maximum Gasteiger partial charge on any atom is 0.191 e. The minimum Gasteiger partial charge on any atom is -0.493 e. The van der Waals surface area contributed by atoms with Crippen molar-refractivity contribution in [3.05, 3.63) is 59.3 Å². The quantitative estimate of drug-likeness (QED) is 0.256. The highest BCUT2D eigenvalue weighted by atomic mass is 127. The number of rotatable bonds is 7. The minimum atomic E-state index is 0. The molecule has 0 saturated heterocycles. The second-order valence-electron chi connectivity index (χ2n) is 6.65. The van der Waals surface area contributed by atoms with Gasteiger partial charge in [-0.3, -0.25) is 4.99 Å². The normalized spacial score (nSPS) is 11.1. The van der Waals surface area contributed by atoms with Crippen molar-refractivity contribution in [3.63, 3.8) is 0 Å². The van der Waals surface area contributed by atoms with Gasteiger partial charge in [-0.1, -0.05) is 18.2 Å². The number of fused-ring (bicyclic) bond motifs is 1. The van der Waals surface area contributed by atoms with E-state index in [4.69, 9.17) is 9.47 Å². The van der Waals surface area contributed by atoms with Crippen LogP contribution >= 0.6 is 24.0 Å². The van der Waals surface area contributed by atoms with Gasteiger partial charge in [0.2, 0.25) is 0 Å². The first-order valence-electron chi connectivity index (χ1n) is 9.36. The highest BCUT2D eigenvalue weighted by Crippen LogP contribution is 2.27. The summed E-state index contributed by atoms with van der Waals surface area (Å²) in [7, 11) is 5.05. The molecule has 0 aliphatic rings. The van der Waals surface area contributed by atoms with Gasteiger partial charge >= 0.3 is 0 Å². The van der Waals surface area contributed by atoms with Crippen LogP contribution < -0.4 is 20.1 Å². The zero-order valence-electron chi connectivity index (χ0n) is 17.3. The van der Waals surface area contributed by atoms with E-state index in [2.05, 4.69) is 51.9 Å². The third-order valence-electron chi connectivity index (χ3n) is 4.74. The van der Waals surface area contributed by atoms with Gasteiger partial charge in [-0.2, -0.15) is 0 Å². The summed E-state index contributed by atoms with van der Waals surface area (Å²) in [4.78, 5) is 7.66. The van der Waals surface area contributed by atoms with Gasteiger partial charge in [0.05, 0.1) is 14.2 Å². The van der Waals surface area contributed by atoms with E-state index in [1.54, 1.807) is 21.3 Å². The molecule has 0 fully saturated rings. The number of nitrogens with one attached hydrogen (secondary N) is 3. The highest BCUT2D eigenvalue weighted by Gasteiger charge is 2.07. The zero-order valence-corrected chi connectivity index (χ0v) is 19.7. The van der Waals surface area contributed by atoms with Crippen molar-refractivity contribution in [2.45, 2.75) is 19.9 Å². The van der Waals surface area contributed by atoms with Crippen molar-refractivity contribution in [1.29, 1.82) is 0 Å². The molecule has 0 unspecified atom stereocenters. The number of aliphatic imine (C=N–C) groups is 1. The lowest BCUT2D eigenvalue weighted by molar-refractivity contribution is 0.354. The molecule has 0 aliphatic heterocycles. The van der Waals surface area contributed by atoms with E-state index in [0.717, 1.165) is 36.0 Å². The molecule has 0 radical (unpaired) electrons. The molecule has 156 valence electrons. The minimum absolute atomic E-state index is 0. The van der Waals surface area contributed by atoms with Crippen LogP contribution in [-0.4, -0.2) is 38.8 Å². The molecule has 0 amide bonds. The molecular weight excluding hydrogens is 479 g/mol. The van der Waals surface area contributed by atoms with Crippen molar-refractivity contribution >= 4 is 40.8 Å². The van der Waals surface area contributed by atoms with Gasteiger partial charge in [-0.15, -0.1) is 24.0 Å². The summed E-state index contributed by atoms with van der Waals surface area (Å²) in [5, 5.41) is 7.99. The van der Waals surface area contributed by atoms with E-state index < -0.39 is 0 Å². The molecule has 7 heteroatoms. The predicted octanol–water partition coefficient (Wildman–Crippen LogP) is 4.02. The number of hydrogen-bond acceptors (Lipinski definition) is 3. The average molecular weight is 508 g/mol. The molecule has 3 aromatic rings. The summed E-state index contributed by atoms with van der Waals surface area (Å²) in [6.45, 7) is 3.55. The van der Waals surface area contributed by atoms with E-state index >= 15 is 0 Å². The summed E-state index contributed by atoms with van der Waals surface area (Å²) in [5.41, 5.74) is 4.84. The summed E-state index contributed by atoms with van der Waals surface area (Å²) in [6, 6.07) is 12.4. The van der Waals surface area contributed by atoms with Gasteiger partial charge in [0.1, 0.15) is 0 Å². The topological polar surface area (TPSA) is 70.7 Å². The van der Waals surface area contributed by atoms with Crippen LogP contribution in [0.25, 0.3) is 10.9 Å². The highest BCUT2D eigenvalue weighted by molar-refractivity contribution is 14.0. The molecule has 0 spiro atoms. The van der Waals surface area contributed by atoms with Crippen LogP contribution in [0.3, 0.4) is 0 Å². The number of H-pyrrole nitrogens is 1. The fourth-order valence-corrected chi connectivity index (χ4v) is 3.22. The number of benzene rings is 2. The largest absolute Gasteiger partial charge is 0.493 e. The number of ether oxygens (including phenoxy) is 2. The van der Waals surface area contributed by atoms with Gasteiger partial charge < -0.3 is 25.1 Å². The number of aryl methyl sites for hydroxylation is 1. The predicted molar refractivity (Wildman–Crippen MR) is 130 cm³/mol. The summed E-state index contributed by atoms with van der Waals surface area (Å²) < 4.78 is 10.6. The standard InChI is InChI=1S/C22H28N4O2.HI/c1-15-5-7-18-17(14-25-19(18)11-15)9-10-24-22(23-2)26-13-16-6-8-20(27-3)21(12-16)28-4;/h5-8,11-12,14,25H,9-10,13H2,1-4H3,(H2,23,24,26);1H. The SMILES string of the molecule is CN=C(NCCc1c[nH]c2cc(C)ccc12)NCc1ccc(OC)c(OC)c1.I. The number of aromatic nitrogens is 1. The molecule has 0 bridgehead atoms. The lowest BCUT2D eigenvalue weighted by Crippen LogP contribution is -2.37. The Morgan fingerprint density at radius 1 is 1.03 bits per heavy atom. The number of halogens is 1. The van der Waals surface area contributed by atoms with Crippen LogP contribution in [0.15, 0.2) is 47.6 Å². The maximum atomic E-state index is 5.36. The second-order valence-corrected chi connectivity index (χ2v) is 6.65. The van der Waals surface area contributed by atoms with E-state index in [0.29, 0.717) is 6.54 Å². The molecule has 0 aliphatic carbocycles. The summed E-state index contributed by atoms with van der Waals surface area (Å²) in [5.74, 6) is 2.22. The lowest BCUT2D eigenvalue weighted by atomic mass is 10.1. The van der Waals surface area contributed by atoms with Crippen molar-refractivity contribution in [2.75, 3.05) is 27.8 Å². The Labute approximate surface area is 189 Å². The van der Waals surface area contributed by atoms with Crippen LogP contribution in [0.1, 0.15) is 16.7 Å². The van der Waals surface area contributed by atoms with Gasteiger partial charge in [-0.05, 0) is 48.2 Å². The monoisotopic (exact) mass is 508 g/mol. The first-order chi connectivity index (χ1) is 13.6. The fraction of sp³-hybridized carbons (Fsp3) is 0.318. The average Bonchev–Trinajstić information content (AvgIpc) is 3.12. The Hall–Kier alpha value is -2.42. The summed E-state index contributed by atoms with van der Waals surface area (Å²) >= 11 is 0. The van der Waals surface area contributed by atoms with Crippen LogP contribution in [0.4, 0.5) is 0 Å². The van der Waals surface area contributed by atoms with Crippen LogP contribution in [0.2, 0.25) is 0 Å². The Morgan fingerprint density at radius 3 is 2.55 bits per heavy atom. The Balaban J connectivity index is 0.00000300. The molecule has 6 nitrogen and oxygen atoms in total. The van der Waals surface area contributed by atoms with Gasteiger partial charge in [-0.25, -0.2) is 0 Å². The number of nitrogens with zero attached hydrogens (tertiary/aromatic N) is 1. The van der Waals surface area contributed by atoms with E-state index in [1.165, 1.54) is 22.0 Å². The van der Waals surface area contributed by atoms with E-state index in [1.807, 2.05) is 18.2 Å². The maximum absolute atomic E-state index is 5.36. The molecule has 0 saturated carbocycles. The smallest absolute Gasteiger partial charge is 0.191 e. The Kier molecular flexibility index (Phi) is 8.63. The Bertz CT molecular complexity index is 969. The second kappa shape index (κ2) is 10.9. The number of methoxy groups -OCH3 is 2.